The maximum Gasteiger partial charge on any atom is 0.419 e. The van der Waals surface area contributed by atoms with Crippen LogP contribution in [0.15, 0.2) is 42.6 Å². The second-order valence-electron chi connectivity index (χ2n) is 6.12. The molecule has 0 N–H and O–H groups in total. The van der Waals surface area contributed by atoms with Crippen molar-refractivity contribution >= 4 is 5.82 Å². The van der Waals surface area contributed by atoms with Gasteiger partial charge in [0.15, 0.2) is 0 Å². The van der Waals surface area contributed by atoms with E-state index in [0.717, 1.165) is 25.7 Å². The van der Waals surface area contributed by atoms with Crippen molar-refractivity contribution in [3.05, 3.63) is 59.3 Å². The van der Waals surface area contributed by atoms with Crippen LogP contribution in [0.4, 0.5) is 19.0 Å². The van der Waals surface area contributed by atoms with Gasteiger partial charge in [0, 0.05) is 38.9 Å². The van der Waals surface area contributed by atoms with Crippen LogP contribution in [0.2, 0.25) is 0 Å². The van der Waals surface area contributed by atoms with Crippen molar-refractivity contribution in [1.29, 1.82) is 0 Å². The number of aryl methyl sites for hydroxylation is 1. The molecule has 0 aliphatic carbocycles. The highest BCUT2D eigenvalue weighted by atomic mass is 19.4. The minimum Gasteiger partial charge on any atom is -0.354 e. The number of benzene rings is 1. The average molecular weight is 335 g/mol. The van der Waals surface area contributed by atoms with Gasteiger partial charge in [-0.3, -0.25) is 4.90 Å². The molecule has 3 nitrogen and oxygen atoms in total. The third-order valence-electron chi connectivity index (χ3n) is 4.25. The number of anilines is 1. The summed E-state index contributed by atoms with van der Waals surface area (Å²) in [5, 5.41) is 0. The van der Waals surface area contributed by atoms with Crippen LogP contribution >= 0.6 is 0 Å². The van der Waals surface area contributed by atoms with Gasteiger partial charge in [0.1, 0.15) is 5.82 Å². The SMILES string of the molecule is Cc1cccc(CN2CCN(c3ncccc3C(F)(F)F)CC2)c1. The molecule has 1 aliphatic rings. The van der Waals surface area contributed by atoms with Gasteiger partial charge in [-0.05, 0) is 24.6 Å². The lowest BCUT2D eigenvalue weighted by Crippen LogP contribution is -2.46. The van der Waals surface area contributed by atoms with E-state index in [2.05, 4.69) is 35.0 Å². The number of rotatable bonds is 3. The van der Waals surface area contributed by atoms with Crippen molar-refractivity contribution in [1.82, 2.24) is 9.88 Å². The van der Waals surface area contributed by atoms with Crippen LogP contribution in [0, 0.1) is 6.92 Å². The van der Waals surface area contributed by atoms with Gasteiger partial charge < -0.3 is 4.90 Å². The molecular formula is C18H20F3N3. The minimum atomic E-state index is -4.37. The first-order valence-corrected chi connectivity index (χ1v) is 7.98. The summed E-state index contributed by atoms with van der Waals surface area (Å²) in [6.07, 6.45) is -2.95. The zero-order valence-corrected chi connectivity index (χ0v) is 13.6. The quantitative estimate of drug-likeness (QED) is 0.852. The lowest BCUT2D eigenvalue weighted by atomic mass is 10.1. The molecule has 6 heteroatoms. The first-order valence-electron chi connectivity index (χ1n) is 7.98. The second kappa shape index (κ2) is 6.81. The van der Waals surface area contributed by atoms with E-state index in [1.807, 2.05) is 6.07 Å². The summed E-state index contributed by atoms with van der Waals surface area (Å²) in [7, 11) is 0. The third-order valence-corrected chi connectivity index (χ3v) is 4.25. The Hall–Kier alpha value is -2.08. The van der Waals surface area contributed by atoms with Crippen LogP contribution in [0.3, 0.4) is 0 Å². The molecule has 2 heterocycles. The van der Waals surface area contributed by atoms with E-state index >= 15 is 0 Å². The number of nitrogens with zero attached hydrogens (tertiary/aromatic N) is 3. The fourth-order valence-corrected chi connectivity index (χ4v) is 3.06. The molecule has 1 aromatic heterocycles. The van der Waals surface area contributed by atoms with Crippen LogP contribution in [-0.4, -0.2) is 36.1 Å². The molecule has 24 heavy (non-hydrogen) atoms. The molecule has 2 aromatic rings. The predicted octanol–water partition coefficient (Wildman–Crippen LogP) is 3.73. The van der Waals surface area contributed by atoms with Gasteiger partial charge in [0.05, 0.1) is 5.56 Å². The smallest absolute Gasteiger partial charge is 0.354 e. The lowest BCUT2D eigenvalue weighted by Gasteiger charge is -2.36. The Morgan fingerprint density at radius 3 is 2.46 bits per heavy atom. The second-order valence-corrected chi connectivity index (χ2v) is 6.12. The Labute approximate surface area is 139 Å². The van der Waals surface area contributed by atoms with Crippen LogP contribution in [0.25, 0.3) is 0 Å². The Morgan fingerprint density at radius 2 is 1.79 bits per heavy atom. The number of hydrogen-bond acceptors (Lipinski definition) is 3. The molecule has 1 aromatic carbocycles. The fraction of sp³-hybridized carbons (Fsp3) is 0.389. The molecule has 1 saturated heterocycles. The van der Waals surface area contributed by atoms with E-state index < -0.39 is 11.7 Å². The number of halogens is 3. The minimum absolute atomic E-state index is 0.0419. The first kappa shape index (κ1) is 16.8. The molecule has 3 rings (SSSR count). The Kier molecular flexibility index (Phi) is 4.76. The zero-order chi connectivity index (χ0) is 17.2. The molecule has 1 aliphatic heterocycles. The summed E-state index contributed by atoms with van der Waals surface area (Å²) < 4.78 is 39.4. The van der Waals surface area contributed by atoms with E-state index in [1.54, 1.807) is 4.90 Å². The van der Waals surface area contributed by atoms with Gasteiger partial charge in [-0.15, -0.1) is 0 Å². The van der Waals surface area contributed by atoms with Gasteiger partial charge in [0.25, 0.3) is 0 Å². The predicted molar refractivity (Wildman–Crippen MR) is 87.9 cm³/mol. The van der Waals surface area contributed by atoms with Gasteiger partial charge in [-0.2, -0.15) is 13.2 Å². The summed E-state index contributed by atoms with van der Waals surface area (Å²) in [5.74, 6) is 0.0419. The summed E-state index contributed by atoms with van der Waals surface area (Å²) >= 11 is 0. The Morgan fingerprint density at radius 1 is 1.04 bits per heavy atom. The molecule has 128 valence electrons. The number of aromatic nitrogens is 1. The van der Waals surface area contributed by atoms with Gasteiger partial charge in [-0.1, -0.05) is 29.8 Å². The van der Waals surface area contributed by atoms with Crippen LogP contribution < -0.4 is 4.90 Å². The summed E-state index contributed by atoms with van der Waals surface area (Å²) in [4.78, 5) is 7.97. The van der Waals surface area contributed by atoms with Crippen molar-refractivity contribution < 1.29 is 13.2 Å². The topological polar surface area (TPSA) is 19.4 Å². The number of pyridine rings is 1. The molecule has 0 atom stereocenters. The molecule has 0 saturated carbocycles. The molecule has 0 amide bonds. The van der Waals surface area contributed by atoms with E-state index in [4.69, 9.17) is 0 Å². The van der Waals surface area contributed by atoms with E-state index in [9.17, 15) is 13.2 Å². The number of alkyl halides is 3. The first-order chi connectivity index (χ1) is 11.4. The van der Waals surface area contributed by atoms with E-state index in [1.165, 1.54) is 23.4 Å². The third kappa shape index (κ3) is 3.87. The van der Waals surface area contributed by atoms with E-state index in [0.29, 0.717) is 13.1 Å². The zero-order valence-electron chi connectivity index (χ0n) is 13.6. The molecule has 0 radical (unpaired) electrons. The molecule has 1 fully saturated rings. The number of hydrogen-bond donors (Lipinski definition) is 0. The monoisotopic (exact) mass is 335 g/mol. The molecular weight excluding hydrogens is 315 g/mol. The molecule has 0 unspecified atom stereocenters. The van der Waals surface area contributed by atoms with Gasteiger partial charge in [-0.25, -0.2) is 4.98 Å². The van der Waals surface area contributed by atoms with Gasteiger partial charge in [0.2, 0.25) is 0 Å². The highest BCUT2D eigenvalue weighted by Crippen LogP contribution is 2.35. The maximum atomic E-state index is 13.1. The summed E-state index contributed by atoms with van der Waals surface area (Å²) in [6.45, 7) is 5.42. The highest BCUT2D eigenvalue weighted by Gasteiger charge is 2.36. The average Bonchev–Trinajstić information content (AvgIpc) is 2.55. The van der Waals surface area contributed by atoms with Crippen molar-refractivity contribution in [3.8, 4) is 0 Å². The van der Waals surface area contributed by atoms with Crippen LogP contribution in [0.5, 0.6) is 0 Å². The van der Waals surface area contributed by atoms with Crippen molar-refractivity contribution in [2.24, 2.45) is 0 Å². The Bertz CT molecular complexity index is 692. The maximum absolute atomic E-state index is 13.1. The van der Waals surface area contributed by atoms with Crippen LogP contribution in [0.1, 0.15) is 16.7 Å². The van der Waals surface area contributed by atoms with Gasteiger partial charge >= 0.3 is 6.18 Å². The number of piperazine rings is 1. The van der Waals surface area contributed by atoms with Crippen LogP contribution in [-0.2, 0) is 12.7 Å². The van der Waals surface area contributed by atoms with E-state index in [-0.39, 0.29) is 5.82 Å². The summed E-state index contributed by atoms with van der Waals surface area (Å²) in [5.41, 5.74) is 1.80. The normalized spacial score (nSPS) is 16.4. The fourth-order valence-electron chi connectivity index (χ4n) is 3.06. The molecule has 0 spiro atoms. The standard InChI is InChI=1S/C18H20F3N3/c1-14-4-2-5-15(12-14)13-23-8-10-24(11-9-23)17-16(18(19,20)21)6-3-7-22-17/h2-7,12H,8-11,13H2,1H3. The Balaban J connectivity index is 1.66. The largest absolute Gasteiger partial charge is 0.419 e. The van der Waals surface area contributed by atoms with Crippen molar-refractivity contribution in [3.63, 3.8) is 0 Å². The highest BCUT2D eigenvalue weighted by molar-refractivity contribution is 5.48. The van der Waals surface area contributed by atoms with Crippen molar-refractivity contribution in [2.75, 3.05) is 31.1 Å². The summed E-state index contributed by atoms with van der Waals surface area (Å²) in [6, 6.07) is 10.8. The van der Waals surface area contributed by atoms with Crippen molar-refractivity contribution in [2.45, 2.75) is 19.6 Å². The lowest BCUT2D eigenvalue weighted by molar-refractivity contribution is -0.137. The molecule has 0 bridgehead atoms.